The summed E-state index contributed by atoms with van der Waals surface area (Å²) in [5, 5.41) is 3.04. The smallest absolute Gasteiger partial charge is 0.258 e. The number of rotatable bonds is 8. The summed E-state index contributed by atoms with van der Waals surface area (Å²) in [4.78, 5) is 26.6. The van der Waals surface area contributed by atoms with Gasteiger partial charge in [-0.15, -0.1) is 0 Å². The van der Waals surface area contributed by atoms with Crippen molar-refractivity contribution in [2.75, 3.05) is 26.3 Å². The Morgan fingerprint density at radius 2 is 1.65 bits per heavy atom. The van der Waals surface area contributed by atoms with Gasteiger partial charge in [-0.2, -0.15) is 0 Å². The van der Waals surface area contributed by atoms with Crippen LogP contribution in [0.25, 0.3) is 0 Å². The molecule has 0 unspecified atom stereocenters. The summed E-state index contributed by atoms with van der Waals surface area (Å²) < 4.78 is 11.4. The summed E-state index contributed by atoms with van der Waals surface area (Å²) in [6.45, 7) is 7.68. The van der Waals surface area contributed by atoms with Gasteiger partial charge in [0, 0.05) is 19.1 Å². The number of likely N-dealkylation sites (tertiary alicyclic amines) is 1. The summed E-state index contributed by atoms with van der Waals surface area (Å²) in [7, 11) is 0. The van der Waals surface area contributed by atoms with E-state index in [2.05, 4.69) is 11.4 Å². The first-order valence-electron chi connectivity index (χ1n) is 10.9. The van der Waals surface area contributed by atoms with Gasteiger partial charge in [-0.25, -0.2) is 0 Å². The van der Waals surface area contributed by atoms with Gasteiger partial charge in [0.15, 0.2) is 6.61 Å². The second-order valence-corrected chi connectivity index (χ2v) is 8.08. The maximum Gasteiger partial charge on any atom is 0.258 e. The van der Waals surface area contributed by atoms with Crippen molar-refractivity contribution >= 4 is 11.8 Å². The molecule has 2 aromatic carbocycles. The monoisotopic (exact) mass is 424 g/mol. The topological polar surface area (TPSA) is 67.9 Å². The van der Waals surface area contributed by atoms with Crippen LogP contribution in [0.5, 0.6) is 11.5 Å². The Labute approximate surface area is 184 Å². The SMILES string of the molecule is Cc1ccc(C)c(OCC(=O)NC2CCN(C(=O)CCOc3ccccc3)CC2)c1C. The van der Waals surface area contributed by atoms with E-state index in [0.717, 1.165) is 41.0 Å². The summed E-state index contributed by atoms with van der Waals surface area (Å²) in [6, 6.07) is 13.6. The van der Waals surface area contributed by atoms with E-state index < -0.39 is 0 Å². The molecule has 166 valence electrons. The molecule has 1 N–H and O–H groups in total. The van der Waals surface area contributed by atoms with E-state index in [9.17, 15) is 9.59 Å². The molecule has 0 aromatic heterocycles. The number of carbonyl (C=O) groups excluding carboxylic acids is 2. The fourth-order valence-electron chi connectivity index (χ4n) is 3.76. The standard InChI is InChI=1S/C25H32N2O4/c1-18-9-10-19(2)25(20(18)3)31-17-23(28)26-21-11-14-27(15-12-21)24(29)13-16-30-22-7-5-4-6-8-22/h4-10,21H,11-17H2,1-3H3,(H,26,28). The van der Waals surface area contributed by atoms with Gasteiger partial charge in [-0.3, -0.25) is 9.59 Å². The minimum atomic E-state index is -0.124. The lowest BCUT2D eigenvalue weighted by Gasteiger charge is -2.32. The zero-order valence-electron chi connectivity index (χ0n) is 18.6. The molecule has 0 aliphatic carbocycles. The van der Waals surface area contributed by atoms with Crippen LogP contribution in [0, 0.1) is 20.8 Å². The van der Waals surface area contributed by atoms with Gasteiger partial charge in [-0.1, -0.05) is 30.3 Å². The van der Waals surface area contributed by atoms with Crippen LogP contribution in [0.3, 0.4) is 0 Å². The minimum Gasteiger partial charge on any atom is -0.493 e. The van der Waals surface area contributed by atoms with Crippen molar-refractivity contribution in [3.8, 4) is 11.5 Å². The van der Waals surface area contributed by atoms with Crippen molar-refractivity contribution in [3.63, 3.8) is 0 Å². The number of nitrogens with zero attached hydrogens (tertiary/aromatic N) is 1. The van der Waals surface area contributed by atoms with Crippen molar-refractivity contribution in [1.29, 1.82) is 0 Å². The zero-order valence-corrected chi connectivity index (χ0v) is 18.6. The molecule has 1 saturated heterocycles. The average Bonchev–Trinajstić information content (AvgIpc) is 2.77. The van der Waals surface area contributed by atoms with E-state index in [-0.39, 0.29) is 24.5 Å². The van der Waals surface area contributed by atoms with Crippen LogP contribution in [-0.4, -0.2) is 49.1 Å². The number of hydrogen-bond donors (Lipinski definition) is 1. The van der Waals surface area contributed by atoms with Crippen LogP contribution < -0.4 is 14.8 Å². The maximum absolute atomic E-state index is 12.4. The fraction of sp³-hybridized carbons (Fsp3) is 0.440. The first kappa shape index (κ1) is 22.7. The number of ether oxygens (including phenoxy) is 2. The van der Waals surface area contributed by atoms with Gasteiger partial charge in [0.1, 0.15) is 11.5 Å². The van der Waals surface area contributed by atoms with Crippen LogP contribution in [0.4, 0.5) is 0 Å². The number of aryl methyl sites for hydroxylation is 2. The van der Waals surface area contributed by atoms with Crippen LogP contribution in [0.1, 0.15) is 36.0 Å². The van der Waals surface area contributed by atoms with Gasteiger partial charge in [0.2, 0.25) is 5.91 Å². The van der Waals surface area contributed by atoms with Crippen molar-refractivity contribution in [3.05, 3.63) is 59.2 Å². The van der Waals surface area contributed by atoms with Crippen LogP contribution >= 0.6 is 0 Å². The highest BCUT2D eigenvalue weighted by Crippen LogP contribution is 2.25. The van der Waals surface area contributed by atoms with Crippen molar-refractivity contribution in [2.24, 2.45) is 0 Å². The molecule has 1 aliphatic rings. The highest BCUT2D eigenvalue weighted by molar-refractivity contribution is 5.78. The Kier molecular flexibility index (Phi) is 7.93. The van der Waals surface area contributed by atoms with E-state index in [0.29, 0.717) is 26.1 Å². The molecule has 6 nitrogen and oxygen atoms in total. The number of piperidine rings is 1. The van der Waals surface area contributed by atoms with Gasteiger partial charge in [0.25, 0.3) is 5.91 Å². The molecule has 31 heavy (non-hydrogen) atoms. The van der Waals surface area contributed by atoms with E-state index in [1.54, 1.807) is 0 Å². The average molecular weight is 425 g/mol. The Morgan fingerprint density at radius 3 is 2.35 bits per heavy atom. The number of hydrogen-bond acceptors (Lipinski definition) is 4. The lowest BCUT2D eigenvalue weighted by atomic mass is 10.0. The summed E-state index contributed by atoms with van der Waals surface area (Å²) in [5.74, 6) is 1.53. The minimum absolute atomic E-state index is 0.00109. The predicted octanol–water partition coefficient (Wildman–Crippen LogP) is 3.57. The number of para-hydroxylation sites is 1. The third-order valence-corrected chi connectivity index (χ3v) is 5.76. The van der Waals surface area contributed by atoms with Crippen molar-refractivity contribution in [2.45, 2.75) is 46.1 Å². The molecule has 0 radical (unpaired) electrons. The third-order valence-electron chi connectivity index (χ3n) is 5.76. The molecule has 1 aliphatic heterocycles. The van der Waals surface area contributed by atoms with Gasteiger partial charge < -0.3 is 19.7 Å². The number of amides is 2. The highest BCUT2D eigenvalue weighted by Gasteiger charge is 2.24. The fourth-order valence-corrected chi connectivity index (χ4v) is 3.76. The molecular weight excluding hydrogens is 392 g/mol. The Balaban J connectivity index is 1.36. The van der Waals surface area contributed by atoms with Crippen LogP contribution in [0.2, 0.25) is 0 Å². The van der Waals surface area contributed by atoms with Crippen LogP contribution in [0.15, 0.2) is 42.5 Å². The molecule has 3 rings (SSSR count). The zero-order chi connectivity index (χ0) is 22.2. The highest BCUT2D eigenvalue weighted by atomic mass is 16.5. The quantitative estimate of drug-likeness (QED) is 0.704. The molecule has 1 heterocycles. The molecule has 1 fully saturated rings. The van der Waals surface area contributed by atoms with Gasteiger partial charge >= 0.3 is 0 Å². The van der Waals surface area contributed by atoms with E-state index in [1.165, 1.54) is 0 Å². The predicted molar refractivity (Wildman–Crippen MR) is 120 cm³/mol. The summed E-state index contributed by atoms with van der Waals surface area (Å²) in [5.41, 5.74) is 3.24. The van der Waals surface area contributed by atoms with Crippen LogP contribution in [-0.2, 0) is 9.59 Å². The number of carbonyl (C=O) groups is 2. The van der Waals surface area contributed by atoms with E-state index in [1.807, 2.05) is 62.1 Å². The molecule has 0 atom stereocenters. The Morgan fingerprint density at radius 1 is 0.968 bits per heavy atom. The molecule has 0 bridgehead atoms. The number of benzene rings is 2. The van der Waals surface area contributed by atoms with Crippen molar-refractivity contribution < 1.29 is 19.1 Å². The Bertz CT molecular complexity index is 890. The Hall–Kier alpha value is -3.02. The maximum atomic E-state index is 12.4. The molecule has 2 amide bonds. The van der Waals surface area contributed by atoms with Crippen molar-refractivity contribution in [1.82, 2.24) is 10.2 Å². The molecule has 6 heteroatoms. The molecule has 0 spiro atoms. The second-order valence-electron chi connectivity index (χ2n) is 8.08. The summed E-state index contributed by atoms with van der Waals surface area (Å²) in [6.07, 6.45) is 1.86. The molecule has 2 aromatic rings. The third kappa shape index (κ3) is 6.48. The van der Waals surface area contributed by atoms with E-state index >= 15 is 0 Å². The normalized spacial score (nSPS) is 14.2. The second kappa shape index (κ2) is 10.8. The van der Waals surface area contributed by atoms with Gasteiger partial charge in [-0.05, 0) is 62.4 Å². The lowest BCUT2D eigenvalue weighted by Crippen LogP contribution is -2.47. The number of nitrogens with one attached hydrogen (secondary N) is 1. The van der Waals surface area contributed by atoms with Gasteiger partial charge in [0.05, 0.1) is 13.0 Å². The van der Waals surface area contributed by atoms with E-state index in [4.69, 9.17) is 9.47 Å². The molecule has 0 saturated carbocycles. The summed E-state index contributed by atoms with van der Waals surface area (Å²) >= 11 is 0. The largest absolute Gasteiger partial charge is 0.493 e. The first-order chi connectivity index (χ1) is 14.9. The molecular formula is C25H32N2O4. The lowest BCUT2D eigenvalue weighted by molar-refractivity contribution is -0.133. The first-order valence-corrected chi connectivity index (χ1v) is 10.9.